The number of benzene rings is 1. The number of ether oxygens (including phenoxy) is 1. The summed E-state index contributed by atoms with van der Waals surface area (Å²) in [6, 6.07) is 9.20. The van der Waals surface area contributed by atoms with Crippen LogP contribution in [0.1, 0.15) is 29.9 Å². The van der Waals surface area contributed by atoms with Crippen molar-refractivity contribution >= 4 is 17.6 Å². The lowest BCUT2D eigenvalue weighted by atomic mass is 10.1. The van der Waals surface area contributed by atoms with Crippen LogP contribution in [0.25, 0.3) is 0 Å². The second-order valence-corrected chi connectivity index (χ2v) is 6.94. The Balaban J connectivity index is 1.53. The summed E-state index contributed by atoms with van der Waals surface area (Å²) in [5, 5.41) is 3.64. The van der Waals surface area contributed by atoms with Gasteiger partial charge in [-0.05, 0) is 44.4 Å². The van der Waals surface area contributed by atoms with Gasteiger partial charge < -0.3 is 15.0 Å². The van der Waals surface area contributed by atoms with E-state index in [2.05, 4.69) is 15.3 Å². The Kier molecular flexibility index (Phi) is 5.93. The molecule has 7 heteroatoms. The first kappa shape index (κ1) is 18.5. The smallest absolute Gasteiger partial charge is 0.317 e. The van der Waals surface area contributed by atoms with E-state index in [1.54, 1.807) is 4.90 Å². The Morgan fingerprint density at radius 2 is 2.08 bits per heavy atom. The second-order valence-electron chi connectivity index (χ2n) is 6.51. The molecule has 2 aromatic rings. The van der Waals surface area contributed by atoms with Gasteiger partial charge in [0, 0.05) is 29.9 Å². The van der Waals surface area contributed by atoms with Gasteiger partial charge in [0.1, 0.15) is 11.9 Å². The largest absolute Gasteiger partial charge is 0.472 e. The van der Waals surface area contributed by atoms with Gasteiger partial charge in [-0.25, -0.2) is 9.78 Å². The molecule has 1 aromatic heterocycles. The molecule has 1 atom stereocenters. The number of likely N-dealkylation sites (tertiary alicyclic amines) is 1. The van der Waals surface area contributed by atoms with Gasteiger partial charge in [-0.15, -0.1) is 0 Å². The molecule has 0 saturated carbocycles. The van der Waals surface area contributed by atoms with Crippen LogP contribution in [-0.2, 0) is 6.54 Å². The molecule has 0 unspecified atom stereocenters. The van der Waals surface area contributed by atoms with Gasteiger partial charge in [-0.2, -0.15) is 4.98 Å². The van der Waals surface area contributed by atoms with Gasteiger partial charge in [-0.3, -0.25) is 0 Å². The fourth-order valence-electron chi connectivity index (χ4n) is 3.02. The first-order valence-corrected chi connectivity index (χ1v) is 9.13. The van der Waals surface area contributed by atoms with Crippen LogP contribution >= 0.6 is 11.6 Å². The molecule has 1 aromatic carbocycles. The minimum absolute atomic E-state index is 0.0567. The van der Waals surface area contributed by atoms with E-state index in [0.717, 1.165) is 30.6 Å². The number of aryl methyl sites for hydroxylation is 2. The van der Waals surface area contributed by atoms with E-state index in [4.69, 9.17) is 16.3 Å². The predicted molar refractivity (Wildman–Crippen MR) is 100 cm³/mol. The van der Waals surface area contributed by atoms with Gasteiger partial charge in [0.15, 0.2) is 0 Å². The number of halogens is 1. The van der Waals surface area contributed by atoms with Crippen LogP contribution in [0, 0.1) is 13.8 Å². The van der Waals surface area contributed by atoms with Crippen molar-refractivity contribution in [2.45, 2.75) is 39.3 Å². The molecule has 2 heterocycles. The number of hydrogen-bond acceptors (Lipinski definition) is 4. The van der Waals surface area contributed by atoms with Crippen molar-refractivity contribution in [3.63, 3.8) is 0 Å². The number of nitrogens with one attached hydrogen (secondary N) is 1. The minimum Gasteiger partial charge on any atom is -0.472 e. The lowest BCUT2D eigenvalue weighted by Crippen LogP contribution is -2.48. The lowest BCUT2D eigenvalue weighted by Gasteiger charge is -2.32. The molecule has 0 spiro atoms. The van der Waals surface area contributed by atoms with Crippen LogP contribution in [-0.4, -0.2) is 40.1 Å². The normalized spacial score (nSPS) is 17.0. The molecular formula is C19H23ClN4O2. The van der Waals surface area contributed by atoms with E-state index in [-0.39, 0.29) is 12.1 Å². The standard InChI is InChI=1S/C19H23ClN4O2/c1-13-10-18(23-14(2)22-13)26-17-4-3-9-24(12-17)19(25)21-11-15-5-7-16(20)8-6-15/h5-8,10,17H,3-4,9,11-12H2,1-2H3,(H,21,25)/t17-/m1/s1. The van der Waals surface area contributed by atoms with Gasteiger partial charge in [0.2, 0.25) is 5.88 Å². The van der Waals surface area contributed by atoms with Gasteiger partial charge in [-0.1, -0.05) is 23.7 Å². The summed E-state index contributed by atoms with van der Waals surface area (Å²) in [6.07, 6.45) is 1.75. The summed E-state index contributed by atoms with van der Waals surface area (Å²) in [4.78, 5) is 22.8. The molecule has 26 heavy (non-hydrogen) atoms. The monoisotopic (exact) mass is 374 g/mol. The van der Waals surface area contributed by atoms with Crippen molar-refractivity contribution in [1.82, 2.24) is 20.2 Å². The van der Waals surface area contributed by atoms with Crippen molar-refractivity contribution in [2.24, 2.45) is 0 Å². The number of nitrogens with zero attached hydrogens (tertiary/aromatic N) is 3. The molecular weight excluding hydrogens is 352 g/mol. The zero-order chi connectivity index (χ0) is 18.5. The highest BCUT2D eigenvalue weighted by Crippen LogP contribution is 2.18. The number of carbonyl (C=O) groups is 1. The molecule has 0 bridgehead atoms. The van der Waals surface area contributed by atoms with Gasteiger partial charge in [0.05, 0.1) is 6.54 Å². The summed E-state index contributed by atoms with van der Waals surface area (Å²) < 4.78 is 5.99. The summed E-state index contributed by atoms with van der Waals surface area (Å²) >= 11 is 5.88. The summed E-state index contributed by atoms with van der Waals surface area (Å²) in [7, 11) is 0. The topological polar surface area (TPSA) is 67.3 Å². The van der Waals surface area contributed by atoms with Crippen molar-refractivity contribution in [1.29, 1.82) is 0 Å². The van der Waals surface area contributed by atoms with Crippen molar-refractivity contribution in [2.75, 3.05) is 13.1 Å². The molecule has 1 fully saturated rings. The molecule has 3 rings (SSSR count). The lowest BCUT2D eigenvalue weighted by molar-refractivity contribution is 0.0974. The third kappa shape index (κ3) is 5.08. The second kappa shape index (κ2) is 8.36. The number of aromatic nitrogens is 2. The molecule has 1 aliphatic rings. The minimum atomic E-state index is -0.0803. The average Bonchev–Trinajstić information content (AvgIpc) is 2.60. The van der Waals surface area contributed by atoms with Crippen molar-refractivity contribution < 1.29 is 9.53 Å². The van der Waals surface area contributed by atoms with Crippen molar-refractivity contribution in [3.8, 4) is 5.88 Å². The highest BCUT2D eigenvalue weighted by atomic mass is 35.5. The molecule has 1 saturated heterocycles. The Bertz CT molecular complexity index is 746. The summed E-state index contributed by atoms with van der Waals surface area (Å²) in [5.74, 6) is 1.26. The van der Waals surface area contributed by atoms with Crippen LogP contribution < -0.4 is 10.1 Å². The quantitative estimate of drug-likeness (QED) is 0.889. The Morgan fingerprint density at radius 3 is 2.81 bits per heavy atom. The van der Waals surface area contributed by atoms with Crippen LogP contribution in [0.3, 0.4) is 0 Å². The molecule has 2 amide bonds. The maximum absolute atomic E-state index is 12.5. The van der Waals surface area contributed by atoms with Gasteiger partial charge in [0.25, 0.3) is 0 Å². The van der Waals surface area contributed by atoms with Crippen LogP contribution in [0.15, 0.2) is 30.3 Å². The highest BCUT2D eigenvalue weighted by Gasteiger charge is 2.25. The maximum atomic E-state index is 12.5. The van der Waals surface area contributed by atoms with E-state index >= 15 is 0 Å². The third-order valence-corrected chi connectivity index (χ3v) is 4.50. The van der Waals surface area contributed by atoms with E-state index in [1.807, 2.05) is 44.2 Å². The predicted octanol–water partition coefficient (Wildman–Crippen LogP) is 3.50. The zero-order valence-corrected chi connectivity index (χ0v) is 15.8. The van der Waals surface area contributed by atoms with Crippen LogP contribution in [0.4, 0.5) is 4.79 Å². The van der Waals surface area contributed by atoms with E-state index in [9.17, 15) is 4.79 Å². The van der Waals surface area contributed by atoms with Crippen LogP contribution in [0.2, 0.25) is 5.02 Å². The summed E-state index contributed by atoms with van der Waals surface area (Å²) in [6.45, 7) is 5.52. The van der Waals surface area contributed by atoms with Crippen molar-refractivity contribution in [3.05, 3.63) is 52.4 Å². The van der Waals surface area contributed by atoms with Crippen LogP contribution in [0.5, 0.6) is 5.88 Å². The first-order valence-electron chi connectivity index (χ1n) is 8.76. The summed E-state index contributed by atoms with van der Waals surface area (Å²) in [5.41, 5.74) is 1.89. The highest BCUT2D eigenvalue weighted by molar-refractivity contribution is 6.30. The fraction of sp³-hybridized carbons (Fsp3) is 0.421. The van der Waals surface area contributed by atoms with E-state index in [0.29, 0.717) is 29.8 Å². The number of rotatable bonds is 4. The number of amides is 2. The number of hydrogen-bond donors (Lipinski definition) is 1. The Morgan fingerprint density at radius 1 is 1.31 bits per heavy atom. The first-order chi connectivity index (χ1) is 12.5. The van der Waals surface area contributed by atoms with E-state index in [1.165, 1.54) is 0 Å². The molecule has 0 aliphatic carbocycles. The number of piperidine rings is 1. The average molecular weight is 375 g/mol. The zero-order valence-electron chi connectivity index (χ0n) is 15.0. The van der Waals surface area contributed by atoms with E-state index < -0.39 is 0 Å². The van der Waals surface area contributed by atoms with Gasteiger partial charge >= 0.3 is 6.03 Å². The molecule has 0 radical (unpaired) electrons. The molecule has 1 N–H and O–H groups in total. The Hall–Kier alpha value is -2.34. The number of carbonyl (C=O) groups excluding carboxylic acids is 1. The maximum Gasteiger partial charge on any atom is 0.317 e. The fourth-order valence-corrected chi connectivity index (χ4v) is 3.15. The molecule has 6 nitrogen and oxygen atoms in total. The SMILES string of the molecule is Cc1cc(O[C@@H]2CCCN(C(=O)NCc3ccc(Cl)cc3)C2)nc(C)n1. The molecule has 1 aliphatic heterocycles. The molecule has 138 valence electrons. The Labute approximate surface area is 158 Å². The third-order valence-electron chi connectivity index (χ3n) is 4.25. The number of urea groups is 1.